The van der Waals surface area contributed by atoms with Crippen molar-refractivity contribution in [3.8, 4) is 0 Å². The normalized spacial score (nSPS) is 15.2. The first-order valence-electron chi connectivity index (χ1n) is 10.3. The number of carbonyl (C=O) groups excluding carboxylic acids is 2. The number of piperidine rings is 1. The van der Waals surface area contributed by atoms with E-state index in [-0.39, 0.29) is 11.8 Å². The number of carbonyl (C=O) groups is 2. The van der Waals surface area contributed by atoms with E-state index in [4.69, 9.17) is 0 Å². The van der Waals surface area contributed by atoms with Crippen molar-refractivity contribution in [2.45, 2.75) is 45.1 Å². The molecule has 0 unspecified atom stereocenters. The maximum Gasteiger partial charge on any atom is 0.242 e. The van der Waals surface area contributed by atoms with Gasteiger partial charge in [0, 0.05) is 48.2 Å². The molecule has 1 fully saturated rings. The average molecular weight is 402 g/mol. The second-order valence-electron chi connectivity index (χ2n) is 7.56. The number of thioether (sulfide) groups is 1. The van der Waals surface area contributed by atoms with E-state index in [0.717, 1.165) is 54.8 Å². The number of nitrogens with zero attached hydrogens (tertiary/aromatic N) is 3. The van der Waals surface area contributed by atoms with Gasteiger partial charge in [0.05, 0.1) is 5.75 Å². The van der Waals surface area contributed by atoms with Crippen LogP contribution in [0.4, 0.5) is 0 Å². The van der Waals surface area contributed by atoms with Gasteiger partial charge in [0.1, 0.15) is 6.54 Å². The molecule has 3 rings (SSSR count). The zero-order chi connectivity index (χ0) is 20.1. The second-order valence-corrected chi connectivity index (χ2v) is 8.57. The summed E-state index contributed by atoms with van der Waals surface area (Å²) in [5.41, 5.74) is 1.05. The van der Waals surface area contributed by atoms with E-state index in [1.165, 1.54) is 0 Å². The number of hydrogen-bond acceptors (Lipinski definition) is 3. The highest BCUT2D eigenvalue weighted by molar-refractivity contribution is 8.00. The van der Waals surface area contributed by atoms with E-state index in [2.05, 4.69) is 19.1 Å². The number of aromatic nitrogens is 1. The Labute approximate surface area is 172 Å². The molecule has 5 nitrogen and oxygen atoms in total. The maximum atomic E-state index is 12.8. The fourth-order valence-electron chi connectivity index (χ4n) is 3.77. The fourth-order valence-corrected chi connectivity index (χ4v) is 4.76. The Morgan fingerprint density at radius 1 is 1.14 bits per heavy atom. The van der Waals surface area contributed by atoms with Gasteiger partial charge < -0.3 is 14.4 Å². The van der Waals surface area contributed by atoms with Gasteiger partial charge in [-0.15, -0.1) is 11.8 Å². The molecule has 0 atom stereocenters. The van der Waals surface area contributed by atoms with Crippen LogP contribution in [0, 0.1) is 5.92 Å². The van der Waals surface area contributed by atoms with Crippen LogP contribution in [0.1, 0.15) is 33.6 Å². The number of amides is 2. The highest BCUT2D eigenvalue weighted by Crippen LogP contribution is 2.30. The van der Waals surface area contributed by atoms with Crippen molar-refractivity contribution in [2.75, 3.05) is 31.9 Å². The molecule has 2 heterocycles. The molecule has 152 valence electrons. The van der Waals surface area contributed by atoms with Gasteiger partial charge in [-0.05, 0) is 38.7 Å². The van der Waals surface area contributed by atoms with Crippen molar-refractivity contribution in [3.05, 3.63) is 30.5 Å². The van der Waals surface area contributed by atoms with E-state index < -0.39 is 0 Å². The molecule has 0 saturated carbocycles. The molecule has 0 spiro atoms. The molecule has 1 aliphatic heterocycles. The third-order valence-corrected chi connectivity index (χ3v) is 6.69. The number of rotatable bonds is 7. The topological polar surface area (TPSA) is 45.6 Å². The van der Waals surface area contributed by atoms with E-state index in [0.29, 0.717) is 18.2 Å². The Bertz CT molecular complexity index is 820. The minimum absolute atomic E-state index is 0.158. The molecular weight excluding hydrogens is 370 g/mol. The zero-order valence-corrected chi connectivity index (χ0v) is 18.0. The van der Waals surface area contributed by atoms with Crippen molar-refractivity contribution < 1.29 is 9.59 Å². The molecule has 1 aromatic heterocycles. The minimum Gasteiger partial charge on any atom is -0.343 e. The summed E-state index contributed by atoms with van der Waals surface area (Å²) in [4.78, 5) is 30.1. The summed E-state index contributed by atoms with van der Waals surface area (Å²) in [6, 6.07) is 8.14. The quantitative estimate of drug-likeness (QED) is 0.662. The van der Waals surface area contributed by atoms with Crippen LogP contribution in [0.15, 0.2) is 35.4 Å². The van der Waals surface area contributed by atoms with Crippen LogP contribution in [0.2, 0.25) is 0 Å². The van der Waals surface area contributed by atoms with E-state index >= 15 is 0 Å². The second kappa shape index (κ2) is 9.50. The summed E-state index contributed by atoms with van der Waals surface area (Å²) < 4.78 is 2.04. The zero-order valence-electron chi connectivity index (χ0n) is 17.2. The molecule has 0 radical (unpaired) electrons. The first-order valence-corrected chi connectivity index (χ1v) is 11.3. The van der Waals surface area contributed by atoms with Crippen molar-refractivity contribution >= 4 is 34.5 Å². The van der Waals surface area contributed by atoms with Gasteiger partial charge in [-0.3, -0.25) is 9.59 Å². The van der Waals surface area contributed by atoms with Crippen LogP contribution in [-0.2, 0) is 16.1 Å². The van der Waals surface area contributed by atoms with Crippen LogP contribution in [0.25, 0.3) is 10.9 Å². The lowest BCUT2D eigenvalue weighted by molar-refractivity contribution is -0.133. The number of benzene rings is 1. The Kier molecular flexibility index (Phi) is 7.05. The third kappa shape index (κ3) is 4.72. The molecule has 6 heteroatoms. The van der Waals surface area contributed by atoms with E-state index in [9.17, 15) is 9.59 Å². The molecule has 1 aliphatic rings. The highest BCUT2D eigenvalue weighted by Gasteiger charge is 2.21. The summed E-state index contributed by atoms with van der Waals surface area (Å²) in [5.74, 6) is 1.48. The monoisotopic (exact) mass is 401 g/mol. The Morgan fingerprint density at radius 2 is 1.82 bits per heavy atom. The van der Waals surface area contributed by atoms with Crippen molar-refractivity contribution in [2.24, 2.45) is 5.92 Å². The van der Waals surface area contributed by atoms with Gasteiger partial charge >= 0.3 is 0 Å². The predicted molar refractivity (Wildman–Crippen MR) is 116 cm³/mol. The fraction of sp³-hybridized carbons (Fsp3) is 0.545. The summed E-state index contributed by atoms with van der Waals surface area (Å²) in [7, 11) is 0. The van der Waals surface area contributed by atoms with Gasteiger partial charge in [0.15, 0.2) is 0 Å². The number of hydrogen-bond donors (Lipinski definition) is 0. The largest absolute Gasteiger partial charge is 0.343 e. The Hall–Kier alpha value is -1.95. The van der Waals surface area contributed by atoms with Gasteiger partial charge in [-0.1, -0.05) is 25.1 Å². The molecule has 2 amide bonds. The Morgan fingerprint density at radius 3 is 2.50 bits per heavy atom. The van der Waals surface area contributed by atoms with E-state index in [1.807, 2.05) is 46.5 Å². The molecule has 0 bridgehead atoms. The lowest BCUT2D eigenvalue weighted by Crippen LogP contribution is -2.39. The number of para-hydroxylation sites is 1. The van der Waals surface area contributed by atoms with Crippen LogP contribution in [0.3, 0.4) is 0 Å². The molecule has 1 saturated heterocycles. The number of fused-ring (bicyclic) bond motifs is 1. The smallest absolute Gasteiger partial charge is 0.242 e. The van der Waals surface area contributed by atoms with Gasteiger partial charge in [0.2, 0.25) is 11.8 Å². The van der Waals surface area contributed by atoms with E-state index in [1.54, 1.807) is 11.8 Å². The van der Waals surface area contributed by atoms with Crippen molar-refractivity contribution in [3.63, 3.8) is 0 Å². The summed E-state index contributed by atoms with van der Waals surface area (Å²) in [6.45, 7) is 9.82. The molecule has 2 aromatic rings. The van der Waals surface area contributed by atoms with Crippen molar-refractivity contribution in [1.82, 2.24) is 14.4 Å². The number of likely N-dealkylation sites (tertiary alicyclic amines) is 1. The summed E-state index contributed by atoms with van der Waals surface area (Å²) in [5, 5.41) is 1.11. The molecule has 28 heavy (non-hydrogen) atoms. The van der Waals surface area contributed by atoms with Gasteiger partial charge in [-0.25, -0.2) is 0 Å². The molecular formula is C22H31N3O2S. The standard InChI is InChI=1S/C22H31N3O2S/c1-4-23(5-2)22(27)16-28-20-14-25(19-9-7-6-8-18(19)20)15-21(26)24-12-10-17(3)11-13-24/h6-9,14,17H,4-5,10-13,15-16H2,1-3H3. The first-order chi connectivity index (χ1) is 13.5. The average Bonchev–Trinajstić information content (AvgIpc) is 3.05. The molecule has 0 N–H and O–H groups in total. The summed E-state index contributed by atoms with van der Waals surface area (Å²) >= 11 is 1.56. The van der Waals surface area contributed by atoms with Crippen LogP contribution < -0.4 is 0 Å². The molecule has 0 aliphatic carbocycles. The lowest BCUT2D eigenvalue weighted by Gasteiger charge is -2.30. The van der Waals surface area contributed by atoms with Crippen LogP contribution >= 0.6 is 11.8 Å². The molecule has 1 aromatic carbocycles. The third-order valence-electron chi connectivity index (χ3n) is 5.66. The first kappa shape index (κ1) is 20.8. The van der Waals surface area contributed by atoms with Crippen molar-refractivity contribution in [1.29, 1.82) is 0 Å². The Balaban J connectivity index is 1.73. The predicted octanol–water partition coefficient (Wildman–Crippen LogP) is 3.86. The maximum absolute atomic E-state index is 12.8. The SMILES string of the molecule is CCN(CC)C(=O)CSc1cn(CC(=O)N2CCC(C)CC2)c2ccccc12. The summed E-state index contributed by atoms with van der Waals surface area (Å²) in [6.07, 6.45) is 4.22. The minimum atomic E-state index is 0.158. The lowest BCUT2D eigenvalue weighted by atomic mass is 9.99. The van der Waals surface area contributed by atoms with Gasteiger partial charge in [-0.2, -0.15) is 0 Å². The van der Waals surface area contributed by atoms with Gasteiger partial charge in [0.25, 0.3) is 0 Å². The van der Waals surface area contributed by atoms with Crippen LogP contribution in [-0.4, -0.2) is 58.1 Å². The van der Waals surface area contributed by atoms with Crippen LogP contribution in [0.5, 0.6) is 0 Å². The highest BCUT2D eigenvalue weighted by atomic mass is 32.2.